The van der Waals surface area contributed by atoms with Crippen LogP contribution in [0.1, 0.15) is 125 Å². The molecule has 0 bridgehead atoms. The van der Waals surface area contributed by atoms with E-state index >= 15 is 0 Å². The second-order valence-corrected chi connectivity index (χ2v) is 19.4. The fraction of sp³-hybridized carbons (Fsp3) is 0.623. The van der Waals surface area contributed by atoms with Gasteiger partial charge in [0, 0.05) is 38.1 Å². The molecule has 0 radical (unpaired) electrons. The highest BCUT2D eigenvalue weighted by Crippen LogP contribution is 2.43. The summed E-state index contributed by atoms with van der Waals surface area (Å²) in [5.41, 5.74) is 16.1. The average molecular weight is 1070 g/mol. The molecule has 23 nitrogen and oxygen atoms in total. The maximum Gasteiger partial charge on any atom is 0.426 e. The van der Waals surface area contributed by atoms with E-state index in [1.165, 1.54) is 25.5 Å². The lowest BCUT2D eigenvalue weighted by molar-refractivity contribution is -0.146. The number of aliphatic hydroxyl groups excluding tert-OH is 1. The van der Waals surface area contributed by atoms with Gasteiger partial charge in [0.25, 0.3) is 0 Å². The molecule has 1 aromatic carbocycles. The normalized spacial score (nSPS) is 23.7. The number of esters is 1. The molecule has 4 rings (SSSR count). The van der Waals surface area contributed by atoms with Gasteiger partial charge < -0.3 is 66.8 Å². The van der Waals surface area contributed by atoms with Crippen LogP contribution >= 0.6 is 0 Å². The summed E-state index contributed by atoms with van der Waals surface area (Å²) >= 11 is 0. The molecule has 1 aromatic rings. The minimum absolute atomic E-state index is 0.0928. The second kappa shape index (κ2) is 33.6. The van der Waals surface area contributed by atoms with E-state index < -0.39 is 71.9 Å². The number of unbranched alkanes of at least 4 members (excludes halogenated alkanes) is 2. The molecular weight excluding hydrogens is 987 g/mol. The van der Waals surface area contributed by atoms with Gasteiger partial charge in [0.05, 0.1) is 43.9 Å². The lowest BCUT2D eigenvalue weighted by Crippen LogP contribution is -2.51. The van der Waals surface area contributed by atoms with Crippen LogP contribution in [0.15, 0.2) is 60.2 Å². The highest BCUT2D eigenvalue weighted by molar-refractivity contribution is 5.97. The summed E-state index contributed by atoms with van der Waals surface area (Å²) in [5.74, 6) is -2.56. The summed E-state index contributed by atoms with van der Waals surface area (Å²) in [5, 5.41) is 24.4. The molecule has 10 atom stereocenters. The zero-order valence-corrected chi connectivity index (χ0v) is 45.1. The molecular formula is C53H83N9O14. The zero-order valence-electron chi connectivity index (χ0n) is 45.1. The molecule has 3 aliphatic heterocycles. The van der Waals surface area contributed by atoms with Crippen molar-refractivity contribution in [3.63, 3.8) is 0 Å². The molecule has 3 saturated heterocycles. The van der Waals surface area contributed by atoms with Crippen LogP contribution in [-0.2, 0) is 59.1 Å². The quantitative estimate of drug-likeness (QED) is 0.0159. The highest BCUT2D eigenvalue weighted by Gasteiger charge is 2.58. The number of carbonyl (C=O) groups excluding carboxylic acids is 8. The van der Waals surface area contributed by atoms with Crippen LogP contribution in [0, 0.1) is 5.92 Å². The first-order chi connectivity index (χ1) is 36.2. The minimum atomic E-state index is -1.01. The first-order valence-corrected chi connectivity index (χ1v) is 26.2. The smallest absolute Gasteiger partial charge is 0.426 e. The molecule has 3 aliphatic rings. The van der Waals surface area contributed by atoms with Crippen molar-refractivity contribution in [3.05, 3.63) is 65.8 Å². The van der Waals surface area contributed by atoms with Gasteiger partial charge in [0.1, 0.15) is 36.6 Å². The topological polar surface area (TPSA) is 342 Å². The predicted molar refractivity (Wildman–Crippen MR) is 282 cm³/mol. The number of primary amides is 1. The monoisotopic (exact) mass is 1070 g/mol. The zero-order chi connectivity index (χ0) is 56.2. The van der Waals surface area contributed by atoms with Gasteiger partial charge in [0.2, 0.25) is 29.5 Å². The van der Waals surface area contributed by atoms with Gasteiger partial charge in [-0.3, -0.25) is 34.2 Å². The Balaban J connectivity index is 0.00000495. The molecule has 1 spiro atoms. The third-order valence-corrected chi connectivity index (χ3v) is 12.4. The van der Waals surface area contributed by atoms with Crippen molar-refractivity contribution in [2.45, 2.75) is 180 Å². The largest absolute Gasteiger partial charge is 0.459 e. The van der Waals surface area contributed by atoms with Gasteiger partial charge in [0.15, 0.2) is 0 Å². The minimum Gasteiger partial charge on any atom is -0.459 e. The maximum absolute atomic E-state index is 13.2. The van der Waals surface area contributed by atoms with Gasteiger partial charge in [-0.05, 0) is 95.5 Å². The maximum atomic E-state index is 13.2. The number of anilines is 1. The lowest BCUT2D eigenvalue weighted by atomic mass is 9.87. The van der Waals surface area contributed by atoms with Gasteiger partial charge in [-0.2, -0.15) is 0 Å². The third kappa shape index (κ3) is 24.5. The van der Waals surface area contributed by atoms with Crippen molar-refractivity contribution in [3.8, 4) is 0 Å². The van der Waals surface area contributed by atoms with E-state index in [1.54, 1.807) is 37.3 Å². The Bertz CT molecular complexity index is 2150. The fourth-order valence-electron chi connectivity index (χ4n) is 8.27. The number of hydrogen-bond donors (Lipinski definition) is 10. The molecule has 424 valence electrons. The van der Waals surface area contributed by atoms with E-state index in [0.717, 1.165) is 18.4 Å². The predicted octanol–water partition coefficient (Wildman–Crippen LogP) is 3.24. The summed E-state index contributed by atoms with van der Waals surface area (Å²) in [4.78, 5) is 98.2. The van der Waals surface area contributed by atoms with E-state index in [2.05, 4.69) is 58.2 Å². The van der Waals surface area contributed by atoms with Crippen molar-refractivity contribution >= 4 is 53.3 Å². The summed E-state index contributed by atoms with van der Waals surface area (Å²) in [6.45, 7) is 13.6. The van der Waals surface area contributed by atoms with Crippen molar-refractivity contribution in [2.24, 2.45) is 17.4 Å². The van der Waals surface area contributed by atoms with Gasteiger partial charge in [-0.1, -0.05) is 69.5 Å². The second-order valence-electron chi connectivity index (χ2n) is 19.4. The molecule has 8 amide bonds. The van der Waals surface area contributed by atoms with Crippen molar-refractivity contribution in [2.75, 3.05) is 31.6 Å². The summed E-state index contributed by atoms with van der Waals surface area (Å²) in [6.07, 6.45) is 9.94. The molecule has 0 aromatic heterocycles. The Morgan fingerprint density at radius 1 is 0.921 bits per heavy atom. The number of hydrogen-bond acceptors (Lipinski definition) is 15. The van der Waals surface area contributed by atoms with E-state index in [9.17, 15) is 43.5 Å². The number of rotatable bonds is 26. The number of allylic oxidation sites excluding steroid dienone is 2. The van der Waals surface area contributed by atoms with Crippen LogP contribution in [-0.4, -0.2) is 133 Å². The van der Waals surface area contributed by atoms with Crippen LogP contribution < -0.4 is 48.9 Å². The molecule has 12 N–H and O–H groups in total. The van der Waals surface area contributed by atoms with E-state index in [-0.39, 0.29) is 81.4 Å². The number of urea groups is 1. The van der Waals surface area contributed by atoms with E-state index in [4.69, 9.17) is 35.2 Å². The Morgan fingerprint density at radius 3 is 2.29 bits per heavy atom. The first-order valence-electron chi connectivity index (χ1n) is 26.2. The Kier molecular flexibility index (Phi) is 28.2. The molecule has 76 heavy (non-hydrogen) atoms. The van der Waals surface area contributed by atoms with Crippen LogP contribution in [0.3, 0.4) is 0 Å². The van der Waals surface area contributed by atoms with Crippen molar-refractivity contribution in [1.82, 2.24) is 32.1 Å². The molecule has 8 unspecified atom stereocenters. The Hall–Kier alpha value is -6.40. The number of ether oxygens (including phenoxy) is 5. The first kappa shape index (κ1) is 63.9. The molecule has 0 aliphatic carbocycles. The van der Waals surface area contributed by atoms with Gasteiger partial charge in [-0.15, -0.1) is 0 Å². The molecule has 0 saturated carbocycles. The summed E-state index contributed by atoms with van der Waals surface area (Å²) in [7, 11) is 0. The number of amides is 8. The molecule has 3 heterocycles. The number of carbonyl (C=O) groups is 8. The van der Waals surface area contributed by atoms with Crippen LogP contribution in [0.5, 0.6) is 0 Å². The average Bonchev–Trinajstić information content (AvgIpc) is 4.14. The summed E-state index contributed by atoms with van der Waals surface area (Å²) in [6, 6.07) is 4.41. The standard InChI is InChI=1S/C50H75N9O14.C3H8/c1-30(12-19-40-31(2)24-39(33(4)72-40)57-43(62)21-14-32(3)71-34(5)60)13-20-41-46(65)50(29-70-50)26-37(73-41)25-44(63)58-59-49(68)69-28-35-15-17-36(18-16-35)55-47(66)38(10-9-23-53-48(52)67)56-45(64)27-54-42(61)11-7-6-8-22-51;1-3-2/h12-18,20-21,31-33,37-41,46,65H,6-11,19,22-29,51H2,1-5H3,(H,54,61)(H,55,66)(H,56,64)(H,57,62)(H,58,63)(H,59,68)(H3,52,53,67);3H2,1-2H3/b20-13+,21-14-,30-12+;/t31?,32?,33?,37-,38?,39?,40?,41?,46-,50?;/m1./s1. The van der Waals surface area contributed by atoms with Crippen LogP contribution in [0.4, 0.5) is 15.3 Å². The number of hydrazine groups is 1. The van der Waals surface area contributed by atoms with Gasteiger partial charge >= 0.3 is 18.1 Å². The number of nitrogens with two attached hydrogens (primary N) is 2. The number of epoxide rings is 1. The Labute approximate surface area is 446 Å². The highest BCUT2D eigenvalue weighted by atomic mass is 16.6. The van der Waals surface area contributed by atoms with Crippen molar-refractivity contribution < 1.29 is 67.1 Å². The van der Waals surface area contributed by atoms with Crippen molar-refractivity contribution in [1.29, 1.82) is 0 Å². The third-order valence-electron chi connectivity index (χ3n) is 12.4. The number of benzene rings is 1. The molecule has 23 heteroatoms. The van der Waals surface area contributed by atoms with Gasteiger partial charge in [-0.25, -0.2) is 15.0 Å². The number of nitrogens with one attached hydrogen (secondary N) is 7. The van der Waals surface area contributed by atoms with Crippen LogP contribution in [0.25, 0.3) is 0 Å². The van der Waals surface area contributed by atoms with E-state index in [1.807, 2.05) is 26.0 Å². The lowest BCUT2D eigenvalue weighted by Gasteiger charge is -2.39. The number of aliphatic hydroxyl groups is 1. The fourth-order valence-corrected chi connectivity index (χ4v) is 8.27. The Morgan fingerprint density at radius 2 is 1.63 bits per heavy atom. The van der Waals surface area contributed by atoms with E-state index in [0.29, 0.717) is 50.1 Å². The molecule has 3 fully saturated rings. The summed E-state index contributed by atoms with van der Waals surface area (Å²) < 4.78 is 28.4. The van der Waals surface area contributed by atoms with Crippen LogP contribution in [0.2, 0.25) is 0 Å². The SMILES string of the molecule is CC(=O)OC(C)/C=C\C(=O)NC1CC(C)C(C/C=C(C)/C=C/C2O[C@H](CC(=O)NNC(=O)OCc3ccc(NC(=O)C(CCCNC(N)=O)NC(=O)CNC(=O)CCCCCN)cc3)CC3(CO3)[C@@H]2O)OC1C.CCC.